The summed E-state index contributed by atoms with van der Waals surface area (Å²) in [4.78, 5) is 39.1. The lowest BCUT2D eigenvalue weighted by molar-refractivity contribution is -0.133. The van der Waals surface area contributed by atoms with Crippen molar-refractivity contribution in [3.63, 3.8) is 0 Å². The Morgan fingerprint density at radius 3 is 2.31 bits per heavy atom. The summed E-state index contributed by atoms with van der Waals surface area (Å²) < 4.78 is 23.1. The molecule has 164 valence electrons. The van der Waals surface area contributed by atoms with Gasteiger partial charge in [0.05, 0.1) is 4.90 Å². The van der Waals surface area contributed by atoms with Crippen LogP contribution in [0.5, 0.6) is 0 Å². The van der Waals surface area contributed by atoms with Crippen LogP contribution in [0, 0.1) is 0 Å². The van der Waals surface area contributed by atoms with E-state index in [1.54, 1.807) is 13.0 Å². The lowest BCUT2D eigenvalue weighted by Gasteiger charge is -2.22. The Bertz CT molecular complexity index is 1350. The molecule has 0 radical (unpaired) electrons. The van der Waals surface area contributed by atoms with Gasteiger partial charge in [0.2, 0.25) is 5.91 Å². The smallest absolute Gasteiger partial charge is 0.325 e. The van der Waals surface area contributed by atoms with Crippen LogP contribution in [0.3, 0.4) is 0 Å². The van der Waals surface area contributed by atoms with Crippen LogP contribution in [-0.2, 0) is 25.0 Å². The summed E-state index contributed by atoms with van der Waals surface area (Å²) in [6.07, 6.45) is 1.09. The van der Waals surface area contributed by atoms with E-state index in [0.29, 0.717) is 11.3 Å². The van der Waals surface area contributed by atoms with Crippen molar-refractivity contribution in [1.82, 2.24) is 10.2 Å². The third kappa shape index (κ3) is 3.94. The van der Waals surface area contributed by atoms with E-state index in [0.717, 1.165) is 21.9 Å². The molecule has 0 saturated carbocycles. The molecule has 1 atom stereocenters. The van der Waals surface area contributed by atoms with E-state index in [9.17, 15) is 22.8 Å². The number of benzene rings is 3. The predicted molar refractivity (Wildman–Crippen MR) is 120 cm³/mol. The van der Waals surface area contributed by atoms with E-state index in [4.69, 9.17) is 0 Å². The van der Waals surface area contributed by atoms with Gasteiger partial charge in [-0.05, 0) is 53.6 Å². The highest BCUT2D eigenvalue weighted by Crippen LogP contribution is 2.31. The minimum absolute atomic E-state index is 0.121. The number of anilines is 1. The third-order valence-electron chi connectivity index (χ3n) is 5.47. The fraction of sp³-hybridized carbons (Fsp3) is 0.174. The van der Waals surface area contributed by atoms with Gasteiger partial charge in [0.15, 0.2) is 9.84 Å². The van der Waals surface area contributed by atoms with Gasteiger partial charge in [-0.3, -0.25) is 14.5 Å². The first-order valence-corrected chi connectivity index (χ1v) is 11.7. The molecule has 4 amide bonds. The summed E-state index contributed by atoms with van der Waals surface area (Å²) in [5, 5.41) is 7.21. The van der Waals surface area contributed by atoms with Gasteiger partial charge < -0.3 is 10.6 Å². The zero-order chi connectivity index (χ0) is 23.1. The van der Waals surface area contributed by atoms with E-state index in [2.05, 4.69) is 10.6 Å². The van der Waals surface area contributed by atoms with E-state index >= 15 is 0 Å². The highest BCUT2D eigenvalue weighted by Gasteiger charge is 2.49. The number of carbonyl (C=O) groups is 3. The molecule has 2 N–H and O–H groups in total. The maximum Gasteiger partial charge on any atom is 0.325 e. The van der Waals surface area contributed by atoms with Crippen LogP contribution >= 0.6 is 0 Å². The van der Waals surface area contributed by atoms with Crippen molar-refractivity contribution in [1.29, 1.82) is 0 Å². The minimum Gasteiger partial charge on any atom is -0.325 e. The molecule has 3 aromatic carbocycles. The van der Waals surface area contributed by atoms with Gasteiger partial charge in [0, 0.05) is 11.9 Å². The van der Waals surface area contributed by atoms with Gasteiger partial charge in [-0.1, -0.05) is 36.4 Å². The number of fused-ring (bicyclic) bond motifs is 1. The fourth-order valence-corrected chi connectivity index (χ4v) is 4.30. The first-order chi connectivity index (χ1) is 15.1. The average molecular weight is 452 g/mol. The normalized spacial score (nSPS) is 18.6. The van der Waals surface area contributed by atoms with Crippen LogP contribution < -0.4 is 10.6 Å². The van der Waals surface area contributed by atoms with Gasteiger partial charge in [-0.25, -0.2) is 13.2 Å². The van der Waals surface area contributed by atoms with E-state index in [1.807, 2.05) is 36.4 Å². The van der Waals surface area contributed by atoms with Crippen molar-refractivity contribution in [3.8, 4) is 0 Å². The van der Waals surface area contributed by atoms with Gasteiger partial charge in [0.25, 0.3) is 5.91 Å². The number of hydrogen-bond donors (Lipinski definition) is 2. The van der Waals surface area contributed by atoms with Gasteiger partial charge in [-0.15, -0.1) is 0 Å². The molecule has 1 heterocycles. The quantitative estimate of drug-likeness (QED) is 0.579. The Balaban J connectivity index is 1.50. The first-order valence-electron chi connectivity index (χ1n) is 9.81. The monoisotopic (exact) mass is 451 g/mol. The Kier molecular flexibility index (Phi) is 5.21. The van der Waals surface area contributed by atoms with Crippen LogP contribution in [0.1, 0.15) is 12.5 Å². The summed E-state index contributed by atoms with van der Waals surface area (Å²) in [6.45, 7) is 1.14. The molecule has 0 unspecified atom stereocenters. The van der Waals surface area contributed by atoms with Crippen molar-refractivity contribution in [2.24, 2.45) is 0 Å². The molecule has 9 heteroatoms. The predicted octanol–water partition coefficient (Wildman–Crippen LogP) is 2.65. The van der Waals surface area contributed by atoms with Gasteiger partial charge in [-0.2, -0.15) is 0 Å². The summed E-state index contributed by atoms with van der Waals surface area (Å²) in [6, 6.07) is 18.2. The van der Waals surface area contributed by atoms with Crippen LogP contribution in [0.25, 0.3) is 10.8 Å². The Morgan fingerprint density at radius 2 is 1.66 bits per heavy atom. The van der Waals surface area contributed by atoms with E-state index < -0.39 is 39.8 Å². The lowest BCUT2D eigenvalue weighted by Crippen LogP contribution is -2.42. The van der Waals surface area contributed by atoms with Crippen molar-refractivity contribution in [3.05, 3.63) is 72.3 Å². The number of amides is 4. The number of urea groups is 1. The number of nitrogens with zero attached hydrogens (tertiary/aromatic N) is 1. The maximum atomic E-state index is 13.1. The number of imide groups is 1. The Morgan fingerprint density at radius 1 is 1.00 bits per heavy atom. The van der Waals surface area contributed by atoms with Crippen LogP contribution in [-0.4, -0.2) is 44.0 Å². The first kappa shape index (κ1) is 21.5. The molecule has 0 bridgehead atoms. The molecule has 32 heavy (non-hydrogen) atoms. The molecular formula is C23H21N3O5S. The second-order valence-electron chi connectivity index (χ2n) is 7.85. The van der Waals surface area contributed by atoms with Crippen molar-refractivity contribution < 1.29 is 22.8 Å². The van der Waals surface area contributed by atoms with Gasteiger partial charge in [0.1, 0.15) is 12.1 Å². The van der Waals surface area contributed by atoms with Crippen LogP contribution in [0.2, 0.25) is 0 Å². The zero-order valence-corrected chi connectivity index (χ0v) is 18.3. The minimum atomic E-state index is -3.35. The molecule has 8 nitrogen and oxygen atoms in total. The Hall–Kier alpha value is -3.72. The summed E-state index contributed by atoms with van der Waals surface area (Å²) >= 11 is 0. The molecule has 0 aliphatic carbocycles. The van der Waals surface area contributed by atoms with Crippen molar-refractivity contribution >= 4 is 44.1 Å². The molecular weight excluding hydrogens is 430 g/mol. The largest absolute Gasteiger partial charge is 0.325 e. The van der Waals surface area contributed by atoms with Crippen molar-refractivity contribution in [2.45, 2.75) is 17.4 Å². The fourth-order valence-electron chi connectivity index (χ4n) is 3.67. The molecule has 1 aliphatic heterocycles. The molecule has 1 aliphatic rings. The molecule has 0 aromatic heterocycles. The van der Waals surface area contributed by atoms with Crippen LogP contribution in [0.4, 0.5) is 10.5 Å². The summed E-state index contributed by atoms with van der Waals surface area (Å²) in [7, 11) is -3.35. The second-order valence-corrected chi connectivity index (χ2v) is 9.87. The topological polar surface area (TPSA) is 113 Å². The van der Waals surface area contributed by atoms with Gasteiger partial charge >= 0.3 is 6.03 Å². The lowest BCUT2D eigenvalue weighted by atomic mass is 9.90. The van der Waals surface area contributed by atoms with E-state index in [-0.39, 0.29) is 4.90 Å². The standard InChI is InChI=1S/C23H21N3O5S/c1-23(17-8-7-15-5-3-4-6-16(15)13-17)21(28)26(22(29)25-23)14-20(27)24-18-9-11-19(12-10-18)32(2,30)31/h3-13H,14H2,1-2H3,(H,24,27)(H,25,29)/t23-/m0/s1. The maximum absolute atomic E-state index is 13.1. The third-order valence-corrected chi connectivity index (χ3v) is 6.60. The molecule has 1 saturated heterocycles. The van der Waals surface area contributed by atoms with E-state index in [1.165, 1.54) is 24.3 Å². The summed E-state index contributed by atoms with van der Waals surface area (Å²) in [5.74, 6) is -1.11. The molecule has 1 fully saturated rings. The zero-order valence-electron chi connectivity index (χ0n) is 17.5. The molecule has 3 aromatic rings. The van der Waals surface area contributed by atoms with Crippen LogP contribution in [0.15, 0.2) is 71.6 Å². The molecule has 4 rings (SSSR count). The number of rotatable bonds is 5. The SMILES string of the molecule is C[C@@]1(c2ccc3ccccc3c2)NC(=O)N(CC(=O)Nc2ccc(S(C)(=O)=O)cc2)C1=O. The number of hydrogen-bond acceptors (Lipinski definition) is 5. The highest BCUT2D eigenvalue weighted by atomic mass is 32.2. The summed E-state index contributed by atoms with van der Waals surface area (Å²) in [5.41, 5.74) is -0.320. The van der Waals surface area contributed by atoms with Crippen molar-refractivity contribution in [2.75, 3.05) is 18.1 Å². The number of carbonyl (C=O) groups excluding carboxylic acids is 3. The number of sulfone groups is 1. The average Bonchev–Trinajstić information content (AvgIpc) is 2.97. The molecule has 0 spiro atoms. The Labute approximate surface area is 185 Å². The highest BCUT2D eigenvalue weighted by molar-refractivity contribution is 7.90. The number of nitrogens with one attached hydrogen (secondary N) is 2. The second kappa shape index (κ2) is 7.76.